The van der Waals surface area contributed by atoms with Crippen molar-refractivity contribution in [3.05, 3.63) is 131 Å². The van der Waals surface area contributed by atoms with Crippen molar-refractivity contribution in [3.8, 4) is 0 Å². The van der Waals surface area contributed by atoms with E-state index in [0.29, 0.717) is 5.82 Å². The summed E-state index contributed by atoms with van der Waals surface area (Å²) in [4.78, 5) is 41.5. The third-order valence-electron chi connectivity index (χ3n) is 7.09. The highest BCUT2D eigenvalue weighted by atomic mass is 16.5. The van der Waals surface area contributed by atoms with E-state index < -0.39 is 35.9 Å². The summed E-state index contributed by atoms with van der Waals surface area (Å²) in [5.74, 6) is -1.32. The van der Waals surface area contributed by atoms with E-state index in [-0.39, 0.29) is 19.1 Å². The Hall–Kier alpha value is -4.85. The number of likely N-dealkylation sites (tertiary alicyclic amines) is 1. The van der Waals surface area contributed by atoms with E-state index in [4.69, 9.17) is 10.5 Å². The first-order valence-corrected chi connectivity index (χ1v) is 13.3. The summed E-state index contributed by atoms with van der Waals surface area (Å²) in [7, 11) is 0. The molecule has 3 aromatic rings. The molecule has 0 aliphatic carbocycles. The molecule has 1 saturated heterocycles. The number of urea groups is 1. The van der Waals surface area contributed by atoms with Crippen LogP contribution in [0.3, 0.4) is 0 Å². The number of rotatable bonds is 8. The summed E-state index contributed by atoms with van der Waals surface area (Å²) in [5, 5.41) is 6.07. The molecule has 0 spiro atoms. The predicted molar refractivity (Wildman–Crippen MR) is 151 cm³/mol. The fourth-order valence-corrected chi connectivity index (χ4v) is 5.20. The summed E-state index contributed by atoms with van der Waals surface area (Å²) in [6.07, 6.45) is 3.98. The smallest absolute Gasteiger partial charge is 0.330 e. The van der Waals surface area contributed by atoms with Gasteiger partial charge in [-0.2, -0.15) is 0 Å². The quantitative estimate of drug-likeness (QED) is 0.294. The molecule has 1 fully saturated rings. The van der Waals surface area contributed by atoms with Gasteiger partial charge in [0.1, 0.15) is 6.61 Å². The van der Waals surface area contributed by atoms with Crippen molar-refractivity contribution in [1.82, 2.24) is 15.5 Å². The Morgan fingerprint density at radius 3 is 2.10 bits per heavy atom. The van der Waals surface area contributed by atoms with E-state index in [1.807, 2.05) is 104 Å². The van der Waals surface area contributed by atoms with Gasteiger partial charge in [-0.05, 0) is 41.7 Å². The monoisotopic (exact) mass is 536 g/mol. The average Bonchev–Trinajstić information content (AvgIpc) is 2.97. The highest BCUT2D eigenvalue weighted by Crippen LogP contribution is 2.35. The van der Waals surface area contributed by atoms with Crippen molar-refractivity contribution < 1.29 is 19.1 Å². The molecule has 0 radical (unpaired) electrons. The molecule has 3 atom stereocenters. The van der Waals surface area contributed by atoms with Gasteiger partial charge in [0.05, 0.1) is 17.8 Å². The number of nitrogens with one attached hydrogen (secondary N) is 2. The van der Waals surface area contributed by atoms with Gasteiger partial charge in [0.15, 0.2) is 6.04 Å². The number of hydrogen-bond donors (Lipinski definition) is 3. The van der Waals surface area contributed by atoms with Gasteiger partial charge in [-0.1, -0.05) is 97.1 Å². The third-order valence-corrected chi connectivity index (χ3v) is 7.09. The lowest BCUT2D eigenvalue weighted by molar-refractivity contribution is -0.170. The zero-order chi connectivity index (χ0) is 28.1. The van der Waals surface area contributed by atoms with Crippen LogP contribution in [0.1, 0.15) is 36.1 Å². The number of dihydropyridines is 1. The fraction of sp³-hybridized carbons (Fsp3) is 0.219. The molecule has 5 rings (SSSR count). The molecule has 2 aliphatic heterocycles. The lowest BCUT2D eigenvalue weighted by atomic mass is 9.81. The molecule has 3 aromatic carbocycles. The number of carbonyl (C=O) groups is 3. The van der Waals surface area contributed by atoms with Gasteiger partial charge in [0.2, 0.25) is 5.91 Å². The van der Waals surface area contributed by atoms with E-state index in [0.717, 1.165) is 27.2 Å². The number of esters is 1. The number of benzene rings is 3. The van der Waals surface area contributed by atoms with E-state index >= 15 is 0 Å². The fourth-order valence-electron chi connectivity index (χ4n) is 5.20. The molecule has 40 heavy (non-hydrogen) atoms. The van der Waals surface area contributed by atoms with Gasteiger partial charge in [-0.3, -0.25) is 4.79 Å². The normalized spacial score (nSPS) is 20.1. The van der Waals surface area contributed by atoms with Crippen LogP contribution < -0.4 is 16.4 Å². The van der Waals surface area contributed by atoms with Crippen LogP contribution in [0.15, 0.2) is 115 Å². The minimum Gasteiger partial charge on any atom is -0.459 e. The second kappa shape index (κ2) is 11.9. The van der Waals surface area contributed by atoms with Gasteiger partial charge in [-0.25, -0.2) is 14.5 Å². The molecule has 8 heteroatoms. The molecule has 2 aliphatic rings. The Bertz CT molecular complexity index is 1380. The van der Waals surface area contributed by atoms with Gasteiger partial charge >= 0.3 is 12.0 Å². The summed E-state index contributed by atoms with van der Waals surface area (Å²) in [6, 6.07) is 26.0. The number of hydrogen-bond acceptors (Lipinski definition) is 6. The highest BCUT2D eigenvalue weighted by molar-refractivity contribution is 6.08. The molecule has 8 nitrogen and oxygen atoms in total. The Morgan fingerprint density at radius 1 is 0.950 bits per heavy atom. The number of carbonyl (C=O) groups excluding carboxylic acids is 3. The summed E-state index contributed by atoms with van der Waals surface area (Å²) in [6.45, 7) is 1.99. The number of imide groups is 1. The summed E-state index contributed by atoms with van der Waals surface area (Å²) >= 11 is 0. The van der Waals surface area contributed by atoms with E-state index in [1.54, 1.807) is 6.08 Å². The van der Waals surface area contributed by atoms with Crippen molar-refractivity contribution >= 4 is 17.9 Å². The van der Waals surface area contributed by atoms with Crippen LogP contribution in [-0.4, -0.2) is 34.9 Å². The average molecular weight is 537 g/mol. The number of amides is 3. The Labute approximate surface area is 233 Å². The minimum atomic E-state index is -1.07. The van der Waals surface area contributed by atoms with Crippen molar-refractivity contribution in [2.75, 3.05) is 0 Å². The Balaban J connectivity index is 1.39. The summed E-state index contributed by atoms with van der Waals surface area (Å²) < 4.78 is 5.61. The molecule has 0 saturated carbocycles. The molecular formula is C32H32N4O4. The van der Waals surface area contributed by atoms with Crippen LogP contribution in [-0.2, 0) is 20.9 Å². The molecular weight excluding hydrogens is 504 g/mol. The second-order valence-electron chi connectivity index (χ2n) is 10.0. The van der Waals surface area contributed by atoms with Crippen LogP contribution >= 0.6 is 0 Å². The zero-order valence-corrected chi connectivity index (χ0v) is 22.2. The van der Waals surface area contributed by atoms with Gasteiger partial charge < -0.3 is 21.1 Å². The number of nitrogens with two attached hydrogens (primary N) is 1. The maximum Gasteiger partial charge on any atom is 0.330 e. The molecule has 0 bridgehead atoms. The SMILES string of the molecule is CC1C=C(C[C@H]2C(=O)N(C(=O)NC(c3ccccc3)c3ccccc3)[C@@H]2C(=O)OCc2ccccc2)C=C(N)N1. The van der Waals surface area contributed by atoms with Crippen molar-refractivity contribution in [3.63, 3.8) is 0 Å². The van der Waals surface area contributed by atoms with Gasteiger partial charge in [0.25, 0.3) is 0 Å². The molecule has 1 unspecified atom stereocenters. The van der Waals surface area contributed by atoms with Crippen LogP contribution in [0.5, 0.6) is 0 Å². The largest absolute Gasteiger partial charge is 0.459 e. The number of nitrogens with zero attached hydrogens (tertiary/aromatic N) is 1. The van der Waals surface area contributed by atoms with E-state index in [2.05, 4.69) is 10.6 Å². The molecule has 0 aromatic heterocycles. The van der Waals surface area contributed by atoms with E-state index in [1.165, 1.54) is 0 Å². The molecule has 2 heterocycles. The molecule has 3 amide bonds. The third kappa shape index (κ3) is 5.91. The highest BCUT2D eigenvalue weighted by Gasteiger charge is 2.55. The number of ether oxygens (including phenoxy) is 1. The minimum absolute atomic E-state index is 0.0180. The predicted octanol–water partition coefficient (Wildman–Crippen LogP) is 4.16. The first-order valence-electron chi connectivity index (χ1n) is 13.3. The number of β-lactam (4-membered cyclic amide) rings is 1. The van der Waals surface area contributed by atoms with Crippen molar-refractivity contribution in [2.24, 2.45) is 11.7 Å². The van der Waals surface area contributed by atoms with E-state index in [9.17, 15) is 14.4 Å². The van der Waals surface area contributed by atoms with Gasteiger partial charge in [-0.15, -0.1) is 0 Å². The first-order chi connectivity index (χ1) is 19.4. The molecule has 4 N–H and O–H groups in total. The lowest BCUT2D eigenvalue weighted by Crippen LogP contribution is -2.68. The second-order valence-corrected chi connectivity index (χ2v) is 10.0. The van der Waals surface area contributed by atoms with Crippen LogP contribution in [0, 0.1) is 5.92 Å². The maximum atomic E-state index is 13.7. The van der Waals surface area contributed by atoms with Crippen LogP contribution in [0.2, 0.25) is 0 Å². The van der Waals surface area contributed by atoms with Gasteiger partial charge in [0, 0.05) is 6.04 Å². The standard InChI is InChI=1S/C32H32N4O4/c1-21-17-23(19-27(33)34-21)18-26-29(31(38)40-20-22-11-5-2-6-12-22)36(30(26)37)32(39)35-28(24-13-7-3-8-14-24)25-15-9-4-10-16-25/h2-17,19,21,26,28-29,34H,18,20,33H2,1H3,(H,35,39)/t21?,26-,29+/m1/s1. The summed E-state index contributed by atoms with van der Waals surface area (Å²) in [5.41, 5.74) is 9.33. The van der Waals surface area contributed by atoms with Crippen molar-refractivity contribution in [2.45, 2.75) is 38.1 Å². The molecule has 204 valence electrons. The van der Waals surface area contributed by atoms with Crippen LogP contribution in [0.4, 0.5) is 4.79 Å². The lowest BCUT2D eigenvalue weighted by Gasteiger charge is -2.44. The first kappa shape index (κ1) is 26.7. The topological polar surface area (TPSA) is 114 Å². The maximum absolute atomic E-state index is 13.7. The van der Waals surface area contributed by atoms with Crippen molar-refractivity contribution in [1.29, 1.82) is 0 Å². The zero-order valence-electron chi connectivity index (χ0n) is 22.2. The Kier molecular flexibility index (Phi) is 7.96. The number of allylic oxidation sites excluding steroid dienone is 2. The van der Waals surface area contributed by atoms with Crippen LogP contribution in [0.25, 0.3) is 0 Å². The Morgan fingerprint density at radius 2 is 1.52 bits per heavy atom.